The van der Waals surface area contributed by atoms with Gasteiger partial charge in [0.2, 0.25) is 0 Å². The zero-order valence-corrected chi connectivity index (χ0v) is 14.3. The molecular formula is C19H24N2O3. The van der Waals surface area contributed by atoms with Gasteiger partial charge in [0, 0.05) is 20.2 Å². The number of amides is 2. The molecule has 0 radical (unpaired) electrons. The van der Waals surface area contributed by atoms with Crippen molar-refractivity contribution < 1.29 is 14.3 Å². The molecule has 0 aliphatic carbocycles. The number of imide groups is 1. The Morgan fingerprint density at radius 3 is 2.58 bits per heavy atom. The van der Waals surface area contributed by atoms with Crippen LogP contribution in [0.15, 0.2) is 36.0 Å². The van der Waals surface area contributed by atoms with Crippen molar-refractivity contribution in [2.75, 3.05) is 33.4 Å². The van der Waals surface area contributed by atoms with Crippen molar-refractivity contribution in [1.29, 1.82) is 0 Å². The highest BCUT2D eigenvalue weighted by Crippen LogP contribution is 2.33. The summed E-state index contributed by atoms with van der Waals surface area (Å²) in [7, 11) is 1.57. The summed E-state index contributed by atoms with van der Waals surface area (Å²) >= 11 is 0. The van der Waals surface area contributed by atoms with Gasteiger partial charge in [-0.15, -0.1) is 0 Å². The third kappa shape index (κ3) is 3.08. The number of methoxy groups -OCH3 is 1. The van der Waals surface area contributed by atoms with E-state index in [0.717, 1.165) is 25.1 Å². The summed E-state index contributed by atoms with van der Waals surface area (Å²) < 4.78 is 5.06. The molecule has 1 fully saturated rings. The van der Waals surface area contributed by atoms with Gasteiger partial charge in [-0.25, -0.2) is 0 Å². The Bertz CT molecular complexity index is 654. The van der Waals surface area contributed by atoms with Gasteiger partial charge in [0.1, 0.15) is 5.70 Å². The number of carbonyl (C=O) groups excluding carboxylic acids is 2. The smallest absolute Gasteiger partial charge is 0.277 e. The number of hydrogen-bond donors (Lipinski definition) is 0. The Morgan fingerprint density at radius 2 is 1.92 bits per heavy atom. The van der Waals surface area contributed by atoms with Crippen molar-refractivity contribution in [1.82, 2.24) is 9.80 Å². The molecular weight excluding hydrogens is 304 g/mol. The van der Waals surface area contributed by atoms with E-state index in [0.29, 0.717) is 23.8 Å². The Kier molecular flexibility index (Phi) is 5.00. The molecule has 1 saturated heterocycles. The van der Waals surface area contributed by atoms with Crippen LogP contribution < -0.4 is 0 Å². The Morgan fingerprint density at radius 1 is 1.17 bits per heavy atom. The fourth-order valence-electron chi connectivity index (χ4n) is 3.50. The quantitative estimate of drug-likeness (QED) is 0.777. The van der Waals surface area contributed by atoms with Gasteiger partial charge in [0.05, 0.1) is 18.7 Å². The summed E-state index contributed by atoms with van der Waals surface area (Å²) in [4.78, 5) is 29.3. The topological polar surface area (TPSA) is 49.9 Å². The molecule has 5 nitrogen and oxygen atoms in total. The van der Waals surface area contributed by atoms with Crippen LogP contribution >= 0.6 is 0 Å². The molecule has 0 saturated carbocycles. The first-order valence-corrected chi connectivity index (χ1v) is 8.53. The predicted molar refractivity (Wildman–Crippen MR) is 91.9 cm³/mol. The molecule has 1 aromatic carbocycles. The lowest BCUT2D eigenvalue weighted by Crippen LogP contribution is -2.40. The molecule has 24 heavy (non-hydrogen) atoms. The van der Waals surface area contributed by atoms with Crippen molar-refractivity contribution in [3.05, 3.63) is 41.6 Å². The van der Waals surface area contributed by atoms with E-state index >= 15 is 0 Å². The molecule has 2 heterocycles. The van der Waals surface area contributed by atoms with Gasteiger partial charge >= 0.3 is 0 Å². The minimum Gasteiger partial charge on any atom is -0.383 e. The summed E-state index contributed by atoms with van der Waals surface area (Å²) in [6, 6.07) is 9.50. The van der Waals surface area contributed by atoms with Gasteiger partial charge in [0.15, 0.2) is 0 Å². The monoisotopic (exact) mass is 328 g/mol. The SMILES string of the molecule is COCCN1C(=O)C(c2ccccc2)=C(N2CCCC(C)C2)C1=O. The number of nitrogens with zero attached hydrogens (tertiary/aromatic N) is 2. The van der Waals surface area contributed by atoms with Crippen LogP contribution in [0.5, 0.6) is 0 Å². The molecule has 128 valence electrons. The normalized spacial score (nSPS) is 21.8. The number of ether oxygens (including phenoxy) is 1. The van der Waals surface area contributed by atoms with Crippen LogP contribution in [-0.4, -0.2) is 55.0 Å². The van der Waals surface area contributed by atoms with Crippen molar-refractivity contribution in [2.24, 2.45) is 5.92 Å². The minimum absolute atomic E-state index is 0.190. The molecule has 1 aromatic rings. The maximum atomic E-state index is 13.0. The van der Waals surface area contributed by atoms with Gasteiger partial charge in [-0.1, -0.05) is 37.3 Å². The molecule has 2 aliphatic heterocycles. The maximum Gasteiger partial charge on any atom is 0.277 e. The molecule has 5 heteroatoms. The van der Waals surface area contributed by atoms with Crippen LogP contribution in [0.25, 0.3) is 5.57 Å². The number of carbonyl (C=O) groups is 2. The van der Waals surface area contributed by atoms with Crippen LogP contribution in [0.4, 0.5) is 0 Å². The summed E-state index contributed by atoms with van der Waals surface area (Å²) in [6.07, 6.45) is 2.21. The molecule has 2 aliphatic rings. The number of likely N-dealkylation sites (tertiary alicyclic amines) is 1. The van der Waals surface area contributed by atoms with E-state index in [9.17, 15) is 9.59 Å². The number of hydrogen-bond acceptors (Lipinski definition) is 4. The number of rotatable bonds is 5. The average molecular weight is 328 g/mol. The van der Waals surface area contributed by atoms with Crippen LogP contribution in [-0.2, 0) is 14.3 Å². The summed E-state index contributed by atoms with van der Waals surface area (Å²) in [5.74, 6) is 0.126. The first kappa shape index (κ1) is 16.7. The Hall–Kier alpha value is -2.14. The lowest BCUT2D eigenvalue weighted by Gasteiger charge is -2.33. The molecule has 3 rings (SSSR count). The van der Waals surface area contributed by atoms with Crippen molar-refractivity contribution >= 4 is 17.4 Å². The highest BCUT2D eigenvalue weighted by Gasteiger charge is 2.41. The minimum atomic E-state index is -0.212. The summed E-state index contributed by atoms with van der Waals surface area (Å²) in [5.41, 5.74) is 1.91. The highest BCUT2D eigenvalue weighted by molar-refractivity contribution is 6.35. The molecule has 0 aromatic heterocycles. The van der Waals surface area contributed by atoms with Gasteiger partial charge < -0.3 is 9.64 Å². The number of benzene rings is 1. The number of piperidine rings is 1. The van der Waals surface area contributed by atoms with Crippen LogP contribution in [0.1, 0.15) is 25.3 Å². The molecule has 1 atom stereocenters. The third-order valence-electron chi connectivity index (χ3n) is 4.70. The van der Waals surface area contributed by atoms with E-state index < -0.39 is 0 Å². The molecule has 2 amide bonds. The van der Waals surface area contributed by atoms with E-state index in [1.807, 2.05) is 30.3 Å². The zero-order valence-electron chi connectivity index (χ0n) is 14.3. The summed E-state index contributed by atoms with van der Waals surface area (Å²) in [5, 5.41) is 0. The van der Waals surface area contributed by atoms with Crippen molar-refractivity contribution in [3.8, 4) is 0 Å². The predicted octanol–water partition coefficient (Wildman–Crippen LogP) is 2.14. The van der Waals surface area contributed by atoms with E-state index in [-0.39, 0.29) is 18.4 Å². The van der Waals surface area contributed by atoms with Gasteiger partial charge in [-0.3, -0.25) is 14.5 Å². The molecule has 0 spiro atoms. The first-order valence-electron chi connectivity index (χ1n) is 8.53. The average Bonchev–Trinajstić information content (AvgIpc) is 2.84. The van der Waals surface area contributed by atoms with Crippen molar-refractivity contribution in [3.63, 3.8) is 0 Å². The summed E-state index contributed by atoms with van der Waals surface area (Å²) in [6.45, 7) is 4.48. The zero-order chi connectivity index (χ0) is 17.1. The van der Waals surface area contributed by atoms with Crippen LogP contribution in [0.2, 0.25) is 0 Å². The van der Waals surface area contributed by atoms with E-state index in [1.165, 1.54) is 11.3 Å². The fraction of sp³-hybridized carbons (Fsp3) is 0.474. The third-order valence-corrected chi connectivity index (χ3v) is 4.70. The van der Waals surface area contributed by atoms with Gasteiger partial charge in [-0.05, 0) is 24.3 Å². The first-order chi connectivity index (χ1) is 11.6. The molecule has 1 unspecified atom stereocenters. The maximum absolute atomic E-state index is 13.0. The van der Waals surface area contributed by atoms with Crippen LogP contribution in [0, 0.1) is 5.92 Å². The molecule has 0 N–H and O–H groups in total. The van der Waals surface area contributed by atoms with E-state index in [4.69, 9.17) is 4.74 Å². The second-order valence-electron chi connectivity index (χ2n) is 6.54. The van der Waals surface area contributed by atoms with E-state index in [2.05, 4.69) is 11.8 Å². The lowest BCUT2D eigenvalue weighted by atomic mass is 9.98. The van der Waals surface area contributed by atoms with Crippen LogP contribution in [0.3, 0.4) is 0 Å². The van der Waals surface area contributed by atoms with E-state index in [1.54, 1.807) is 7.11 Å². The van der Waals surface area contributed by atoms with Crippen molar-refractivity contribution in [2.45, 2.75) is 19.8 Å². The second kappa shape index (κ2) is 7.18. The lowest BCUT2D eigenvalue weighted by molar-refractivity contribution is -0.138. The van der Waals surface area contributed by atoms with Gasteiger partial charge in [0.25, 0.3) is 11.8 Å². The molecule has 0 bridgehead atoms. The Labute approximate surface area is 142 Å². The fourth-order valence-corrected chi connectivity index (χ4v) is 3.50. The largest absolute Gasteiger partial charge is 0.383 e. The van der Waals surface area contributed by atoms with Gasteiger partial charge in [-0.2, -0.15) is 0 Å². The highest BCUT2D eigenvalue weighted by atomic mass is 16.5. The standard InChI is InChI=1S/C19H24N2O3/c1-14-7-6-10-20(13-14)17-16(15-8-4-3-5-9-15)18(22)21(19(17)23)11-12-24-2/h3-5,8-9,14H,6-7,10-13H2,1-2H3. The second-order valence-corrected chi connectivity index (χ2v) is 6.54. The Balaban J connectivity index is 2.01.